The maximum Gasteiger partial charge on any atom is 0.286 e. The van der Waals surface area contributed by atoms with E-state index in [1.54, 1.807) is 0 Å². The second-order valence-electron chi connectivity index (χ2n) is 8.21. The van der Waals surface area contributed by atoms with Crippen molar-refractivity contribution in [2.75, 3.05) is 44.3 Å². The number of rotatable bonds is 4. The molecule has 0 radical (unpaired) electrons. The molecule has 6 nitrogen and oxygen atoms in total. The van der Waals surface area contributed by atoms with E-state index in [1.165, 1.54) is 17.3 Å². The van der Waals surface area contributed by atoms with Crippen LogP contribution in [0.2, 0.25) is 0 Å². The Morgan fingerprint density at radius 2 is 1.77 bits per heavy atom. The SMILES string of the molecule is O=C1N=C(N2CCC(Cc3ccccc3)CC2)S/C1=C\c1ccc(N2CCOCC2)o1. The zero-order chi connectivity index (χ0) is 21.0. The first-order chi connectivity index (χ1) is 15.2. The molecule has 0 N–H and O–H groups in total. The number of likely N-dealkylation sites (tertiary alicyclic amines) is 1. The molecule has 0 bridgehead atoms. The van der Waals surface area contributed by atoms with Gasteiger partial charge in [-0.25, -0.2) is 0 Å². The quantitative estimate of drug-likeness (QED) is 0.673. The van der Waals surface area contributed by atoms with Gasteiger partial charge in [-0.2, -0.15) is 4.99 Å². The highest BCUT2D eigenvalue weighted by Gasteiger charge is 2.29. The molecule has 2 saturated heterocycles. The number of amides is 1. The van der Waals surface area contributed by atoms with Crippen LogP contribution in [0.4, 0.5) is 5.88 Å². The number of anilines is 1. The highest BCUT2D eigenvalue weighted by atomic mass is 32.2. The van der Waals surface area contributed by atoms with Crippen LogP contribution < -0.4 is 4.90 Å². The highest BCUT2D eigenvalue weighted by molar-refractivity contribution is 8.18. The number of hydrogen-bond acceptors (Lipinski definition) is 6. The minimum atomic E-state index is -0.171. The molecule has 7 heteroatoms. The van der Waals surface area contributed by atoms with E-state index >= 15 is 0 Å². The van der Waals surface area contributed by atoms with Gasteiger partial charge in [0, 0.05) is 38.3 Å². The summed E-state index contributed by atoms with van der Waals surface area (Å²) < 4.78 is 11.3. The van der Waals surface area contributed by atoms with Gasteiger partial charge >= 0.3 is 0 Å². The molecule has 0 atom stereocenters. The molecule has 0 aliphatic carbocycles. The van der Waals surface area contributed by atoms with Gasteiger partial charge in [-0.3, -0.25) is 4.79 Å². The van der Waals surface area contributed by atoms with E-state index in [4.69, 9.17) is 9.15 Å². The molecule has 31 heavy (non-hydrogen) atoms. The maximum absolute atomic E-state index is 12.5. The first-order valence-electron chi connectivity index (χ1n) is 11.0. The van der Waals surface area contributed by atoms with Crippen molar-refractivity contribution in [1.29, 1.82) is 0 Å². The molecule has 0 unspecified atom stereocenters. The number of piperidine rings is 1. The van der Waals surface area contributed by atoms with Gasteiger partial charge in [0.25, 0.3) is 5.91 Å². The minimum absolute atomic E-state index is 0.171. The van der Waals surface area contributed by atoms with E-state index in [-0.39, 0.29) is 5.91 Å². The fourth-order valence-corrected chi connectivity index (χ4v) is 5.26. The van der Waals surface area contributed by atoms with Crippen molar-refractivity contribution in [2.45, 2.75) is 19.3 Å². The van der Waals surface area contributed by atoms with Crippen molar-refractivity contribution in [2.24, 2.45) is 10.9 Å². The predicted molar refractivity (Wildman–Crippen MR) is 124 cm³/mol. The molecule has 2 fully saturated rings. The van der Waals surface area contributed by atoms with Crippen molar-refractivity contribution in [3.05, 3.63) is 58.7 Å². The van der Waals surface area contributed by atoms with Crippen LogP contribution in [-0.4, -0.2) is 55.4 Å². The van der Waals surface area contributed by atoms with Crippen molar-refractivity contribution in [3.8, 4) is 0 Å². The molecule has 3 aliphatic rings. The zero-order valence-electron chi connectivity index (χ0n) is 17.5. The third-order valence-electron chi connectivity index (χ3n) is 6.07. The summed E-state index contributed by atoms with van der Waals surface area (Å²) in [6, 6.07) is 14.6. The fraction of sp³-hybridized carbons (Fsp3) is 0.417. The van der Waals surface area contributed by atoms with Crippen LogP contribution in [0.15, 0.2) is 56.8 Å². The molecule has 5 rings (SSSR count). The Kier molecular flexibility index (Phi) is 6.13. The zero-order valence-corrected chi connectivity index (χ0v) is 18.4. The Bertz CT molecular complexity index is 971. The molecule has 2 aromatic rings. The molecule has 162 valence electrons. The monoisotopic (exact) mass is 437 g/mol. The average Bonchev–Trinajstić information content (AvgIpc) is 3.43. The van der Waals surface area contributed by atoms with E-state index in [0.29, 0.717) is 29.8 Å². The first-order valence-corrected chi connectivity index (χ1v) is 11.8. The minimum Gasteiger partial charge on any atom is -0.441 e. The summed E-state index contributed by atoms with van der Waals surface area (Å²) in [5, 5.41) is 0.828. The van der Waals surface area contributed by atoms with Crippen molar-refractivity contribution in [3.63, 3.8) is 0 Å². The lowest BCUT2D eigenvalue weighted by molar-refractivity contribution is -0.113. The molecular weight excluding hydrogens is 410 g/mol. The van der Waals surface area contributed by atoms with E-state index in [9.17, 15) is 4.79 Å². The largest absolute Gasteiger partial charge is 0.441 e. The van der Waals surface area contributed by atoms with Gasteiger partial charge in [-0.05, 0) is 48.6 Å². The summed E-state index contributed by atoms with van der Waals surface area (Å²) in [7, 11) is 0. The number of carbonyl (C=O) groups excluding carboxylic acids is 1. The average molecular weight is 438 g/mol. The smallest absolute Gasteiger partial charge is 0.286 e. The number of furan rings is 1. The number of morpholine rings is 1. The summed E-state index contributed by atoms with van der Waals surface area (Å²) in [4.78, 5) is 21.8. The molecule has 4 heterocycles. The molecule has 1 aromatic carbocycles. The van der Waals surface area contributed by atoms with Crippen LogP contribution in [0.3, 0.4) is 0 Å². The van der Waals surface area contributed by atoms with Gasteiger partial charge in [0.2, 0.25) is 0 Å². The fourth-order valence-electron chi connectivity index (χ4n) is 4.31. The lowest BCUT2D eigenvalue weighted by Gasteiger charge is -2.32. The van der Waals surface area contributed by atoms with Crippen molar-refractivity contribution < 1.29 is 13.9 Å². The van der Waals surface area contributed by atoms with E-state index in [2.05, 4.69) is 45.1 Å². The highest BCUT2D eigenvalue weighted by Crippen LogP contribution is 2.33. The molecule has 1 amide bonds. The Hall–Kier alpha value is -2.51. The molecule has 0 spiro atoms. The number of ether oxygens (including phenoxy) is 1. The van der Waals surface area contributed by atoms with Crippen LogP contribution in [0.1, 0.15) is 24.2 Å². The Morgan fingerprint density at radius 1 is 1.00 bits per heavy atom. The second kappa shape index (κ2) is 9.32. The number of amidine groups is 1. The second-order valence-corrected chi connectivity index (χ2v) is 9.21. The summed E-state index contributed by atoms with van der Waals surface area (Å²) in [6.45, 7) is 4.97. The van der Waals surface area contributed by atoms with Gasteiger partial charge in [0.15, 0.2) is 11.1 Å². The topological polar surface area (TPSA) is 58.3 Å². The van der Waals surface area contributed by atoms with Crippen LogP contribution in [0, 0.1) is 5.92 Å². The van der Waals surface area contributed by atoms with Crippen molar-refractivity contribution >= 4 is 34.8 Å². The normalized spacial score (nSPS) is 21.7. The van der Waals surface area contributed by atoms with Crippen LogP contribution in [0.5, 0.6) is 0 Å². The first kappa shape index (κ1) is 20.4. The number of nitrogens with zero attached hydrogens (tertiary/aromatic N) is 3. The van der Waals surface area contributed by atoms with Gasteiger partial charge in [0.05, 0.1) is 18.1 Å². The summed E-state index contributed by atoms with van der Waals surface area (Å²) in [5.74, 6) is 2.04. The Labute approximate surface area is 186 Å². The van der Waals surface area contributed by atoms with Crippen molar-refractivity contribution in [1.82, 2.24) is 4.90 Å². The molecule has 0 saturated carbocycles. The van der Waals surface area contributed by atoms with E-state index < -0.39 is 0 Å². The third-order valence-corrected chi connectivity index (χ3v) is 7.11. The Balaban J connectivity index is 1.17. The lowest BCUT2D eigenvalue weighted by Crippen LogP contribution is -2.37. The van der Waals surface area contributed by atoms with Gasteiger partial charge in [0.1, 0.15) is 5.76 Å². The summed E-state index contributed by atoms with van der Waals surface area (Å²) in [5.41, 5.74) is 1.41. The molecule has 3 aliphatic heterocycles. The van der Waals surface area contributed by atoms with E-state index in [1.807, 2.05) is 18.2 Å². The van der Waals surface area contributed by atoms with Gasteiger partial charge < -0.3 is 19.0 Å². The standard InChI is InChI=1S/C24H27N3O3S/c28-23-21(17-20-6-7-22(30-20)26-12-14-29-15-13-26)31-24(25-23)27-10-8-19(9-11-27)16-18-4-2-1-3-5-18/h1-7,17,19H,8-16H2/b21-17-. The van der Waals surface area contributed by atoms with Crippen LogP contribution in [0.25, 0.3) is 6.08 Å². The number of carbonyl (C=O) groups is 1. The van der Waals surface area contributed by atoms with Crippen LogP contribution >= 0.6 is 11.8 Å². The number of thioether (sulfide) groups is 1. The van der Waals surface area contributed by atoms with Gasteiger partial charge in [-0.1, -0.05) is 30.3 Å². The number of benzene rings is 1. The van der Waals surface area contributed by atoms with Gasteiger partial charge in [-0.15, -0.1) is 0 Å². The third kappa shape index (κ3) is 4.88. The maximum atomic E-state index is 12.5. The lowest BCUT2D eigenvalue weighted by atomic mass is 9.90. The summed E-state index contributed by atoms with van der Waals surface area (Å²) >= 11 is 1.46. The van der Waals surface area contributed by atoms with E-state index in [0.717, 1.165) is 56.5 Å². The summed E-state index contributed by atoms with van der Waals surface area (Å²) in [6.07, 6.45) is 5.20. The number of aliphatic imine (C=N–C) groups is 1. The molecule has 1 aromatic heterocycles. The number of hydrogen-bond donors (Lipinski definition) is 0. The van der Waals surface area contributed by atoms with Crippen LogP contribution in [-0.2, 0) is 16.0 Å². The Morgan fingerprint density at radius 3 is 2.55 bits per heavy atom. The molecular formula is C24H27N3O3S. The predicted octanol–water partition coefficient (Wildman–Crippen LogP) is 4.04.